The van der Waals surface area contributed by atoms with Gasteiger partial charge in [0.1, 0.15) is 17.3 Å². The van der Waals surface area contributed by atoms with E-state index in [1.54, 1.807) is 7.11 Å². The maximum atomic E-state index is 12.0. The third-order valence-corrected chi connectivity index (χ3v) is 5.07. The van der Waals surface area contributed by atoms with E-state index in [2.05, 4.69) is 6.07 Å². The van der Waals surface area contributed by atoms with E-state index >= 15 is 0 Å². The van der Waals surface area contributed by atoms with Crippen LogP contribution < -0.4 is 9.47 Å². The Kier molecular flexibility index (Phi) is 4.56. The molecule has 0 N–H and O–H groups in total. The Morgan fingerprint density at radius 3 is 2.70 bits per heavy atom. The van der Waals surface area contributed by atoms with E-state index in [0.717, 1.165) is 30.6 Å². The zero-order valence-electron chi connectivity index (χ0n) is 13.6. The zero-order chi connectivity index (χ0) is 16.3. The van der Waals surface area contributed by atoms with Crippen molar-refractivity contribution in [1.82, 2.24) is 0 Å². The fourth-order valence-electron chi connectivity index (χ4n) is 3.79. The van der Waals surface area contributed by atoms with E-state index < -0.39 is 5.41 Å². The fourth-order valence-corrected chi connectivity index (χ4v) is 3.79. The zero-order valence-corrected chi connectivity index (χ0v) is 13.6. The molecule has 0 spiro atoms. The molecule has 1 aromatic carbocycles. The first-order chi connectivity index (χ1) is 11.2. The maximum absolute atomic E-state index is 12.0. The highest BCUT2D eigenvalue weighted by Gasteiger charge is 2.40. The summed E-state index contributed by atoms with van der Waals surface area (Å²) in [4.78, 5) is 12.0. The predicted molar refractivity (Wildman–Crippen MR) is 86.6 cm³/mol. The van der Waals surface area contributed by atoms with Crippen molar-refractivity contribution >= 4 is 5.78 Å². The van der Waals surface area contributed by atoms with Gasteiger partial charge in [0.25, 0.3) is 0 Å². The van der Waals surface area contributed by atoms with Gasteiger partial charge in [-0.1, -0.05) is 6.07 Å². The summed E-state index contributed by atoms with van der Waals surface area (Å²) in [6.07, 6.45) is 7.03. The number of benzene rings is 1. The van der Waals surface area contributed by atoms with Gasteiger partial charge in [0, 0.05) is 24.5 Å². The van der Waals surface area contributed by atoms with Crippen molar-refractivity contribution in [2.75, 3.05) is 7.11 Å². The number of carbonyl (C=O) groups excluding carboxylic acids is 1. The molecule has 23 heavy (non-hydrogen) atoms. The molecule has 122 valence electrons. The Bertz CT molecular complexity index is 628. The number of hydrogen-bond donors (Lipinski definition) is 0. The van der Waals surface area contributed by atoms with Crippen LogP contribution in [0.15, 0.2) is 18.2 Å². The van der Waals surface area contributed by atoms with E-state index in [1.165, 1.54) is 12.8 Å². The lowest BCUT2D eigenvalue weighted by molar-refractivity contribution is -0.121. The number of rotatable bonds is 4. The molecular weight excluding hydrogens is 290 g/mol. The van der Waals surface area contributed by atoms with Gasteiger partial charge in [-0.2, -0.15) is 5.26 Å². The van der Waals surface area contributed by atoms with Crippen molar-refractivity contribution in [3.63, 3.8) is 0 Å². The van der Waals surface area contributed by atoms with Crippen molar-refractivity contribution in [2.45, 2.75) is 62.9 Å². The van der Waals surface area contributed by atoms with E-state index in [9.17, 15) is 10.1 Å². The first kappa shape index (κ1) is 15.9. The highest BCUT2D eigenvalue weighted by atomic mass is 16.5. The number of Topliss-reactive ketones (excluding diaryl/α,β-unsaturated/α-hetero) is 1. The smallest absolute Gasteiger partial charge is 0.134 e. The Hall–Kier alpha value is -2.02. The molecule has 0 aliphatic heterocycles. The summed E-state index contributed by atoms with van der Waals surface area (Å²) in [7, 11) is 1.62. The molecule has 0 saturated heterocycles. The second-order valence-electron chi connectivity index (χ2n) is 6.65. The fraction of sp³-hybridized carbons (Fsp3) is 0.579. The quantitative estimate of drug-likeness (QED) is 0.845. The minimum absolute atomic E-state index is 0.167. The number of methoxy groups -OCH3 is 1. The minimum atomic E-state index is -0.754. The standard InChI is InChI=1S/C19H23NO3/c1-22-16-8-9-17(18(11-16)23-15-6-2-3-7-15)19(13-20)10-4-5-14(21)12-19/h8-9,11,15H,2-7,10,12H2,1H3. The van der Waals surface area contributed by atoms with Crippen LogP contribution in [0, 0.1) is 11.3 Å². The monoisotopic (exact) mass is 313 g/mol. The van der Waals surface area contributed by atoms with Gasteiger partial charge in [0.2, 0.25) is 0 Å². The van der Waals surface area contributed by atoms with Gasteiger partial charge < -0.3 is 9.47 Å². The molecule has 1 atom stereocenters. The summed E-state index contributed by atoms with van der Waals surface area (Å²) in [6.45, 7) is 0. The van der Waals surface area contributed by atoms with Gasteiger partial charge >= 0.3 is 0 Å². The Morgan fingerprint density at radius 2 is 2.04 bits per heavy atom. The lowest BCUT2D eigenvalue weighted by Gasteiger charge is -2.32. The SMILES string of the molecule is COc1ccc(C2(C#N)CCCC(=O)C2)c(OC2CCCC2)c1. The molecule has 0 bridgehead atoms. The van der Waals surface area contributed by atoms with Crippen LogP contribution in [0.4, 0.5) is 0 Å². The Morgan fingerprint density at radius 1 is 1.26 bits per heavy atom. The molecule has 1 unspecified atom stereocenters. The second-order valence-corrected chi connectivity index (χ2v) is 6.65. The van der Waals surface area contributed by atoms with Gasteiger partial charge in [-0.3, -0.25) is 4.79 Å². The van der Waals surface area contributed by atoms with Gasteiger partial charge in [0.15, 0.2) is 0 Å². The summed E-state index contributed by atoms with van der Waals surface area (Å²) >= 11 is 0. The van der Waals surface area contributed by atoms with Crippen LogP contribution >= 0.6 is 0 Å². The third kappa shape index (κ3) is 3.19. The van der Waals surface area contributed by atoms with Gasteiger partial charge in [0.05, 0.1) is 24.7 Å². The molecular formula is C19H23NO3. The number of nitrogens with zero attached hydrogens (tertiary/aromatic N) is 1. The third-order valence-electron chi connectivity index (χ3n) is 5.07. The van der Waals surface area contributed by atoms with Gasteiger partial charge in [-0.15, -0.1) is 0 Å². The van der Waals surface area contributed by atoms with Crippen LogP contribution in [0.5, 0.6) is 11.5 Å². The molecule has 4 nitrogen and oxygen atoms in total. The summed E-state index contributed by atoms with van der Waals surface area (Å²) in [5, 5.41) is 9.84. The van der Waals surface area contributed by atoms with Crippen molar-refractivity contribution in [3.05, 3.63) is 23.8 Å². The van der Waals surface area contributed by atoms with Crippen LogP contribution in [0.25, 0.3) is 0 Å². The Labute approximate surface area is 137 Å². The van der Waals surface area contributed by atoms with E-state index in [-0.39, 0.29) is 18.3 Å². The number of nitriles is 1. The van der Waals surface area contributed by atoms with Crippen LogP contribution in [-0.2, 0) is 10.2 Å². The average Bonchev–Trinajstić information content (AvgIpc) is 3.07. The Balaban J connectivity index is 1.99. The molecule has 2 saturated carbocycles. The largest absolute Gasteiger partial charge is 0.497 e. The van der Waals surface area contributed by atoms with Crippen LogP contribution in [-0.4, -0.2) is 19.0 Å². The molecule has 0 amide bonds. The maximum Gasteiger partial charge on any atom is 0.134 e. The second kappa shape index (κ2) is 6.62. The van der Waals surface area contributed by atoms with Gasteiger partial charge in [-0.05, 0) is 44.6 Å². The van der Waals surface area contributed by atoms with Crippen LogP contribution in [0.1, 0.15) is 56.9 Å². The molecule has 2 fully saturated rings. The molecule has 1 aromatic rings. The molecule has 4 heteroatoms. The first-order valence-corrected chi connectivity index (χ1v) is 8.45. The molecule has 0 radical (unpaired) electrons. The normalized spacial score (nSPS) is 25.1. The molecule has 0 aromatic heterocycles. The van der Waals surface area contributed by atoms with Gasteiger partial charge in [-0.25, -0.2) is 0 Å². The number of hydrogen-bond acceptors (Lipinski definition) is 4. The highest BCUT2D eigenvalue weighted by molar-refractivity contribution is 5.82. The minimum Gasteiger partial charge on any atom is -0.497 e. The van der Waals surface area contributed by atoms with E-state index in [4.69, 9.17) is 9.47 Å². The average molecular weight is 313 g/mol. The summed E-state index contributed by atoms with van der Waals surface area (Å²) in [5.74, 6) is 1.60. The van der Waals surface area contributed by atoms with Crippen molar-refractivity contribution in [2.24, 2.45) is 0 Å². The summed E-state index contributed by atoms with van der Waals surface area (Å²) < 4.78 is 11.5. The van der Waals surface area contributed by atoms with Crippen molar-refractivity contribution in [1.29, 1.82) is 5.26 Å². The summed E-state index contributed by atoms with van der Waals surface area (Å²) in [6, 6.07) is 8.06. The van der Waals surface area contributed by atoms with Crippen LogP contribution in [0.3, 0.4) is 0 Å². The van der Waals surface area contributed by atoms with Crippen molar-refractivity contribution < 1.29 is 14.3 Å². The topological polar surface area (TPSA) is 59.3 Å². The number of carbonyl (C=O) groups is 1. The van der Waals surface area contributed by atoms with Crippen molar-refractivity contribution in [3.8, 4) is 17.6 Å². The molecule has 0 heterocycles. The summed E-state index contributed by atoms with van der Waals surface area (Å²) in [5.41, 5.74) is 0.0935. The highest BCUT2D eigenvalue weighted by Crippen LogP contribution is 2.43. The molecule has 3 rings (SSSR count). The van der Waals surface area contributed by atoms with E-state index in [1.807, 2.05) is 18.2 Å². The lowest BCUT2D eigenvalue weighted by Crippen LogP contribution is -2.32. The van der Waals surface area contributed by atoms with E-state index in [0.29, 0.717) is 18.6 Å². The molecule has 2 aliphatic rings. The lowest BCUT2D eigenvalue weighted by atomic mass is 9.69. The number of ether oxygens (including phenoxy) is 2. The number of ketones is 1. The predicted octanol–water partition coefficient (Wildman–Crippen LogP) is 3.92. The molecule has 2 aliphatic carbocycles. The first-order valence-electron chi connectivity index (χ1n) is 8.45. The van der Waals surface area contributed by atoms with Crippen LogP contribution in [0.2, 0.25) is 0 Å².